The maximum Gasteiger partial charge on any atom is 0.306 e. The van der Waals surface area contributed by atoms with Crippen molar-refractivity contribution in [2.75, 3.05) is 40.9 Å². The maximum absolute atomic E-state index is 13.5. The molecule has 0 aromatic rings. The fourth-order valence-corrected chi connectivity index (χ4v) is 8.91. The van der Waals surface area contributed by atoms with Gasteiger partial charge < -0.3 is 28.5 Å². The molecule has 444 valence electrons. The molecule has 0 aromatic heterocycles. The molecule has 9 nitrogen and oxygen atoms in total. The summed E-state index contributed by atoms with van der Waals surface area (Å²) in [4.78, 5) is 40.0. The number of hydrogen-bond donors (Lipinski definition) is 1. The molecule has 0 fully saturated rings. The van der Waals surface area contributed by atoms with Crippen molar-refractivity contribution in [1.82, 2.24) is 5.32 Å². The van der Waals surface area contributed by atoms with Crippen molar-refractivity contribution in [1.29, 1.82) is 0 Å². The average molecular weight is 1100 g/mol. The average Bonchev–Trinajstić information content (AvgIpc) is 3.40. The minimum Gasteiger partial charge on any atom is -0.756 e. The molecule has 0 rings (SSSR count). The van der Waals surface area contributed by atoms with Crippen LogP contribution in [0.4, 0.5) is 0 Å². The molecule has 78 heavy (non-hydrogen) atoms. The van der Waals surface area contributed by atoms with E-state index in [4.69, 9.17) is 13.8 Å². The zero-order chi connectivity index (χ0) is 57.2. The van der Waals surface area contributed by atoms with Crippen LogP contribution in [0.25, 0.3) is 0 Å². The van der Waals surface area contributed by atoms with E-state index in [0.717, 1.165) is 89.9 Å². The molecule has 1 amide bonds. The van der Waals surface area contributed by atoms with E-state index in [1.807, 2.05) is 94.1 Å². The van der Waals surface area contributed by atoms with E-state index in [2.05, 4.69) is 86.8 Å². The number of hydrogen-bond acceptors (Lipinski definition) is 7. The van der Waals surface area contributed by atoms with E-state index in [1.54, 1.807) is 0 Å². The molecule has 3 atom stereocenters. The first kappa shape index (κ1) is 74.2. The number of amides is 1. The Morgan fingerprint density at radius 3 is 1.38 bits per heavy atom. The normalized spacial score (nSPS) is 14.6. The second-order valence-electron chi connectivity index (χ2n) is 21.6. The second kappa shape index (κ2) is 56.4. The number of likely N-dealkylation sites (N-methyl/N-ethyl adjacent to an activating group) is 1. The Morgan fingerprint density at radius 1 is 0.474 bits per heavy atom. The summed E-state index contributed by atoms with van der Waals surface area (Å²) < 4.78 is 30.3. The van der Waals surface area contributed by atoms with Crippen LogP contribution >= 0.6 is 7.82 Å². The summed E-state index contributed by atoms with van der Waals surface area (Å²) in [6.07, 6.45) is 79.9. The molecule has 0 aliphatic rings. The van der Waals surface area contributed by atoms with Crippen LogP contribution in [-0.2, 0) is 27.9 Å². The first-order valence-electron chi connectivity index (χ1n) is 31.1. The molecule has 1 N–H and O–H groups in total. The highest BCUT2D eigenvalue weighted by Crippen LogP contribution is 2.38. The number of carbonyl (C=O) groups excluding carboxylic acids is 2. The summed E-state index contributed by atoms with van der Waals surface area (Å²) in [6, 6.07) is -0.923. The zero-order valence-electron chi connectivity index (χ0n) is 50.6. The lowest BCUT2D eigenvalue weighted by atomic mass is 10.0. The van der Waals surface area contributed by atoms with E-state index >= 15 is 0 Å². The third kappa shape index (κ3) is 56.9. The number of phosphoric acid groups is 1. The minimum atomic E-state index is -4.72. The number of rotatable bonds is 54. The van der Waals surface area contributed by atoms with Gasteiger partial charge in [0.25, 0.3) is 7.82 Å². The maximum atomic E-state index is 13.5. The van der Waals surface area contributed by atoms with Crippen LogP contribution in [-0.4, -0.2) is 69.4 Å². The minimum absolute atomic E-state index is 0.0402. The molecular weight excluding hydrogens is 988 g/mol. The van der Waals surface area contributed by atoms with Crippen LogP contribution in [0, 0.1) is 0 Å². The molecule has 0 radical (unpaired) electrons. The van der Waals surface area contributed by atoms with Crippen LogP contribution in [0.15, 0.2) is 134 Å². The van der Waals surface area contributed by atoms with Gasteiger partial charge in [0.1, 0.15) is 19.3 Å². The predicted molar refractivity (Wildman–Crippen MR) is 334 cm³/mol. The summed E-state index contributed by atoms with van der Waals surface area (Å²) in [5.74, 6) is -0.614. The number of esters is 1. The molecule has 0 saturated heterocycles. The highest BCUT2D eigenvalue weighted by Gasteiger charge is 2.27. The van der Waals surface area contributed by atoms with Gasteiger partial charge in [0.15, 0.2) is 0 Å². The third-order valence-corrected chi connectivity index (χ3v) is 13.9. The van der Waals surface area contributed by atoms with E-state index in [9.17, 15) is 19.0 Å². The lowest BCUT2D eigenvalue weighted by Gasteiger charge is -2.30. The van der Waals surface area contributed by atoms with Crippen LogP contribution in [0.1, 0.15) is 233 Å². The smallest absolute Gasteiger partial charge is 0.306 e. The standard InChI is InChI=1S/C68H115N2O7P/c1-7-10-13-16-19-22-25-28-30-32-33-34-35-36-37-39-40-42-45-48-51-54-57-60-67(71)69-65(64-76-78(73,74)75-63-62-70(4,5)6)66(59-56-53-50-47-44-27-24-21-18-15-12-9-3)77-68(72)61-58-55-52-49-46-43-41-38-31-29-26-23-20-17-14-11-8-2/h11,14,17,19-20,22-23,26,28-31,33-34,36-38,41,43,46,56,59,65-66H,7-10,12-13,15-16,18,21,24-25,27,32,35,39-40,42,44-45,47-55,57-58,60-64H2,1-6H3,(H-,69,71,73,74)/b14-11-,20-17+,22-19-,26-23+,30-28-,31-29-,34-33-,37-36-,41-38+,46-43+,59-56-. The van der Waals surface area contributed by atoms with Gasteiger partial charge in [0.05, 0.1) is 33.8 Å². The zero-order valence-corrected chi connectivity index (χ0v) is 51.5. The number of unbranched alkanes of at least 4 members (excludes halogenated alkanes) is 23. The topological polar surface area (TPSA) is 114 Å². The number of nitrogens with one attached hydrogen (secondary N) is 1. The highest BCUT2D eigenvalue weighted by atomic mass is 31.2. The van der Waals surface area contributed by atoms with Crippen molar-refractivity contribution in [3.05, 3.63) is 134 Å². The van der Waals surface area contributed by atoms with Gasteiger partial charge in [-0.3, -0.25) is 14.2 Å². The van der Waals surface area contributed by atoms with Crippen LogP contribution < -0.4 is 10.2 Å². The van der Waals surface area contributed by atoms with Gasteiger partial charge in [-0.2, -0.15) is 0 Å². The second-order valence-corrected chi connectivity index (χ2v) is 23.0. The van der Waals surface area contributed by atoms with Gasteiger partial charge in [-0.15, -0.1) is 0 Å². The summed E-state index contributed by atoms with van der Waals surface area (Å²) in [5, 5.41) is 3.01. The molecule has 0 aliphatic carbocycles. The molecule has 0 aromatic carbocycles. The Labute approximate surface area is 479 Å². The van der Waals surface area contributed by atoms with Crippen molar-refractivity contribution >= 4 is 19.7 Å². The van der Waals surface area contributed by atoms with Crippen LogP contribution in [0.3, 0.4) is 0 Å². The fourth-order valence-electron chi connectivity index (χ4n) is 8.18. The van der Waals surface area contributed by atoms with Gasteiger partial charge >= 0.3 is 5.97 Å². The van der Waals surface area contributed by atoms with Crippen molar-refractivity contribution in [3.8, 4) is 0 Å². The summed E-state index contributed by atoms with van der Waals surface area (Å²) in [5.41, 5.74) is 0. The summed E-state index contributed by atoms with van der Waals surface area (Å²) in [6.45, 7) is 6.61. The number of ether oxygens (including phenoxy) is 1. The van der Waals surface area contributed by atoms with Gasteiger partial charge in [0, 0.05) is 12.8 Å². The molecule has 0 bridgehead atoms. The largest absolute Gasteiger partial charge is 0.756 e. The van der Waals surface area contributed by atoms with E-state index in [1.165, 1.54) is 96.3 Å². The van der Waals surface area contributed by atoms with E-state index in [0.29, 0.717) is 23.9 Å². The SMILES string of the molecule is CC\C=C/C=C/C=C/C=C\C=C\C=C\CCCCCC(=O)OC(/C=C\CCCCCCCCCCCC)C(COP(=O)([O-])OCC[N+](C)(C)C)NC(=O)CCCCCCCCC/C=C\C/C=C\C/C=C\C/C=C\CCCCC. The van der Waals surface area contributed by atoms with Crippen molar-refractivity contribution in [2.45, 2.75) is 245 Å². The number of allylic oxidation sites excluding steroid dienone is 21. The van der Waals surface area contributed by atoms with E-state index in [-0.39, 0.29) is 25.4 Å². The molecular formula is C68H115N2O7P. The molecule has 0 heterocycles. The number of nitrogens with zero attached hydrogens (tertiary/aromatic N) is 1. The van der Waals surface area contributed by atoms with Crippen molar-refractivity contribution in [2.24, 2.45) is 0 Å². The molecule has 3 unspecified atom stereocenters. The summed E-state index contributed by atoms with van der Waals surface area (Å²) in [7, 11) is 1.13. The first-order chi connectivity index (χ1) is 37.9. The summed E-state index contributed by atoms with van der Waals surface area (Å²) >= 11 is 0. The number of carbonyl (C=O) groups is 2. The molecule has 10 heteroatoms. The fraction of sp³-hybridized carbons (Fsp3) is 0.647. The van der Waals surface area contributed by atoms with Crippen LogP contribution in [0.2, 0.25) is 0 Å². The van der Waals surface area contributed by atoms with Gasteiger partial charge in [0.2, 0.25) is 5.91 Å². The van der Waals surface area contributed by atoms with Gasteiger partial charge in [-0.25, -0.2) is 0 Å². The highest BCUT2D eigenvalue weighted by molar-refractivity contribution is 7.45. The van der Waals surface area contributed by atoms with Gasteiger partial charge in [-0.05, 0) is 96.0 Å². The first-order valence-corrected chi connectivity index (χ1v) is 32.5. The lowest BCUT2D eigenvalue weighted by Crippen LogP contribution is -2.47. The number of quaternary nitrogens is 1. The van der Waals surface area contributed by atoms with E-state index < -0.39 is 32.5 Å². The third-order valence-electron chi connectivity index (χ3n) is 13.0. The monoisotopic (exact) mass is 1100 g/mol. The Bertz CT molecular complexity index is 1800. The van der Waals surface area contributed by atoms with Crippen LogP contribution in [0.5, 0.6) is 0 Å². The molecule has 0 aliphatic heterocycles. The Morgan fingerprint density at radius 2 is 0.872 bits per heavy atom. The predicted octanol–water partition coefficient (Wildman–Crippen LogP) is 18.6. The Kier molecular flexibility index (Phi) is 53.6. The lowest BCUT2D eigenvalue weighted by molar-refractivity contribution is -0.870. The molecule has 0 spiro atoms. The van der Waals surface area contributed by atoms with Gasteiger partial charge in [-0.1, -0.05) is 258 Å². The molecule has 0 saturated carbocycles. The Hall–Kier alpha value is -3.85. The quantitative estimate of drug-likeness (QED) is 0.0161. The van der Waals surface area contributed by atoms with Crippen molar-refractivity contribution in [3.63, 3.8) is 0 Å². The number of phosphoric ester groups is 1. The Balaban J connectivity index is 5.34. The van der Waals surface area contributed by atoms with Crippen molar-refractivity contribution < 1.29 is 37.3 Å².